The molecule has 4 rings (SSSR count). The molecule has 3 aromatic heterocycles. The largest absolute Gasteiger partial charge is 0.359 e. The first kappa shape index (κ1) is 24.0. The molecule has 0 saturated carbocycles. The Morgan fingerprint density at radius 1 is 1.09 bits per heavy atom. The highest BCUT2D eigenvalue weighted by Gasteiger charge is 2.33. The molecule has 0 aliphatic rings. The standard InChI is InChI=1S/C23H20ClF2N7O2/c24-19-12-30-21(31-14-23(25,26)18-7-3-4-8-28-18)22(35)33(19)13-20(34)29-11-16-5-1-2-6-17(16)32-10-9-27-15-32/h1-10,12,15H,11,13-14H2,(H,29,34)(H,30,31). The van der Waals surface area contributed by atoms with E-state index in [-0.39, 0.29) is 17.5 Å². The van der Waals surface area contributed by atoms with Gasteiger partial charge in [-0.1, -0.05) is 35.9 Å². The second-order valence-electron chi connectivity index (χ2n) is 7.47. The first-order valence-electron chi connectivity index (χ1n) is 10.5. The van der Waals surface area contributed by atoms with E-state index in [1.54, 1.807) is 18.7 Å². The number of benzene rings is 1. The van der Waals surface area contributed by atoms with Gasteiger partial charge in [0.15, 0.2) is 5.82 Å². The topological polar surface area (TPSA) is 107 Å². The van der Waals surface area contributed by atoms with E-state index in [2.05, 4.69) is 25.6 Å². The smallest absolute Gasteiger partial charge is 0.306 e. The number of imidazole rings is 1. The summed E-state index contributed by atoms with van der Waals surface area (Å²) in [6, 6.07) is 11.6. The first-order chi connectivity index (χ1) is 16.8. The molecule has 0 radical (unpaired) electrons. The summed E-state index contributed by atoms with van der Waals surface area (Å²) < 4.78 is 31.6. The van der Waals surface area contributed by atoms with E-state index in [1.807, 2.05) is 28.8 Å². The minimum Gasteiger partial charge on any atom is -0.359 e. The van der Waals surface area contributed by atoms with Crippen LogP contribution in [0.25, 0.3) is 5.69 Å². The summed E-state index contributed by atoms with van der Waals surface area (Å²) in [6.07, 6.45) is 7.44. The van der Waals surface area contributed by atoms with Gasteiger partial charge in [-0.2, -0.15) is 8.78 Å². The van der Waals surface area contributed by atoms with Crippen LogP contribution in [0.5, 0.6) is 0 Å². The van der Waals surface area contributed by atoms with E-state index in [9.17, 15) is 18.4 Å². The number of carbonyl (C=O) groups excluding carboxylic acids is 1. The maximum absolute atomic E-state index is 14.4. The summed E-state index contributed by atoms with van der Waals surface area (Å²) in [5.74, 6) is -4.20. The summed E-state index contributed by atoms with van der Waals surface area (Å²) in [4.78, 5) is 36.8. The van der Waals surface area contributed by atoms with E-state index in [1.165, 1.54) is 24.4 Å². The molecule has 0 bridgehead atoms. The minimum atomic E-state index is -3.35. The van der Waals surface area contributed by atoms with Gasteiger partial charge in [0.1, 0.15) is 17.4 Å². The fraction of sp³-hybridized carbons (Fsp3) is 0.174. The monoisotopic (exact) mass is 499 g/mol. The summed E-state index contributed by atoms with van der Waals surface area (Å²) in [6.45, 7) is -1.14. The quantitative estimate of drug-likeness (QED) is 0.367. The molecular formula is C23H20ClF2N7O2. The highest BCUT2D eigenvalue weighted by Crippen LogP contribution is 2.25. The Morgan fingerprint density at radius 2 is 1.89 bits per heavy atom. The molecular weight excluding hydrogens is 480 g/mol. The number of hydrogen-bond donors (Lipinski definition) is 2. The molecule has 0 unspecified atom stereocenters. The number of nitrogens with zero attached hydrogens (tertiary/aromatic N) is 5. The van der Waals surface area contributed by atoms with Gasteiger partial charge in [-0.05, 0) is 23.8 Å². The Hall–Kier alpha value is -4.12. The zero-order chi connectivity index (χ0) is 24.8. The molecule has 9 nitrogen and oxygen atoms in total. The average Bonchev–Trinajstić information content (AvgIpc) is 3.40. The Kier molecular flexibility index (Phi) is 7.16. The van der Waals surface area contributed by atoms with Crippen LogP contribution in [0.1, 0.15) is 11.3 Å². The zero-order valence-electron chi connectivity index (χ0n) is 18.2. The van der Waals surface area contributed by atoms with Gasteiger partial charge < -0.3 is 15.2 Å². The Morgan fingerprint density at radius 3 is 2.63 bits per heavy atom. The van der Waals surface area contributed by atoms with Crippen LogP contribution in [0.4, 0.5) is 14.6 Å². The van der Waals surface area contributed by atoms with Crippen molar-refractivity contribution in [1.82, 2.24) is 29.4 Å². The first-order valence-corrected chi connectivity index (χ1v) is 10.8. The summed E-state index contributed by atoms with van der Waals surface area (Å²) in [7, 11) is 0. The lowest BCUT2D eigenvalue weighted by molar-refractivity contribution is -0.121. The van der Waals surface area contributed by atoms with Crippen molar-refractivity contribution in [2.24, 2.45) is 0 Å². The molecule has 35 heavy (non-hydrogen) atoms. The Bertz CT molecular complexity index is 1360. The van der Waals surface area contributed by atoms with Crippen molar-refractivity contribution in [3.8, 4) is 5.69 Å². The lowest BCUT2D eigenvalue weighted by Gasteiger charge is -2.17. The number of para-hydroxylation sites is 1. The molecule has 0 atom stereocenters. The van der Waals surface area contributed by atoms with Gasteiger partial charge in [0.25, 0.3) is 5.56 Å². The maximum atomic E-state index is 14.4. The molecule has 1 amide bonds. The van der Waals surface area contributed by atoms with Crippen LogP contribution >= 0.6 is 11.6 Å². The SMILES string of the molecule is O=C(Cn1c(Cl)cnc(NCC(F)(F)c2ccccn2)c1=O)NCc1ccccc1-n1ccnc1. The number of amides is 1. The van der Waals surface area contributed by atoms with Gasteiger partial charge in [0.2, 0.25) is 5.91 Å². The number of nitrogens with one attached hydrogen (secondary N) is 2. The van der Waals surface area contributed by atoms with Crippen LogP contribution in [0, 0.1) is 0 Å². The van der Waals surface area contributed by atoms with Crippen molar-refractivity contribution in [2.45, 2.75) is 19.0 Å². The van der Waals surface area contributed by atoms with Gasteiger partial charge in [-0.15, -0.1) is 0 Å². The number of rotatable bonds is 9. The fourth-order valence-electron chi connectivity index (χ4n) is 3.31. The fourth-order valence-corrected chi connectivity index (χ4v) is 3.49. The molecule has 1 aromatic carbocycles. The molecule has 180 valence electrons. The van der Waals surface area contributed by atoms with Gasteiger partial charge in [0.05, 0.1) is 24.8 Å². The van der Waals surface area contributed by atoms with E-state index in [0.29, 0.717) is 0 Å². The van der Waals surface area contributed by atoms with Crippen molar-refractivity contribution in [2.75, 3.05) is 11.9 Å². The third-order valence-corrected chi connectivity index (χ3v) is 5.38. The third kappa shape index (κ3) is 5.69. The lowest BCUT2D eigenvalue weighted by atomic mass is 10.1. The maximum Gasteiger partial charge on any atom is 0.306 e. The van der Waals surface area contributed by atoms with Crippen molar-refractivity contribution in [3.63, 3.8) is 0 Å². The number of carbonyl (C=O) groups is 1. The predicted octanol–water partition coefficient (Wildman–Crippen LogP) is 3.00. The number of pyridine rings is 1. The average molecular weight is 500 g/mol. The summed E-state index contributed by atoms with van der Waals surface area (Å²) >= 11 is 6.07. The highest BCUT2D eigenvalue weighted by molar-refractivity contribution is 6.29. The van der Waals surface area contributed by atoms with Crippen molar-refractivity contribution in [1.29, 1.82) is 0 Å². The third-order valence-electron chi connectivity index (χ3n) is 5.08. The summed E-state index contributed by atoms with van der Waals surface area (Å²) in [5.41, 5.74) is 0.413. The van der Waals surface area contributed by atoms with Gasteiger partial charge >= 0.3 is 5.92 Å². The number of alkyl halides is 2. The molecule has 0 saturated heterocycles. The van der Waals surface area contributed by atoms with E-state index in [4.69, 9.17) is 11.6 Å². The van der Waals surface area contributed by atoms with Crippen molar-refractivity contribution < 1.29 is 13.6 Å². The van der Waals surface area contributed by atoms with E-state index in [0.717, 1.165) is 22.0 Å². The predicted molar refractivity (Wildman–Crippen MR) is 126 cm³/mol. The molecule has 0 aliphatic heterocycles. The van der Waals surface area contributed by atoms with Gasteiger partial charge in [-0.3, -0.25) is 19.1 Å². The van der Waals surface area contributed by atoms with Crippen LogP contribution in [0.3, 0.4) is 0 Å². The summed E-state index contributed by atoms with van der Waals surface area (Å²) in [5, 5.41) is 4.98. The zero-order valence-corrected chi connectivity index (χ0v) is 19.0. The lowest BCUT2D eigenvalue weighted by Crippen LogP contribution is -2.35. The Labute approximate surface area is 203 Å². The van der Waals surface area contributed by atoms with E-state index >= 15 is 0 Å². The normalized spacial score (nSPS) is 11.3. The Balaban J connectivity index is 1.43. The van der Waals surface area contributed by atoms with E-state index < -0.39 is 36.2 Å². The van der Waals surface area contributed by atoms with Crippen LogP contribution in [-0.4, -0.2) is 36.5 Å². The second kappa shape index (κ2) is 10.4. The van der Waals surface area contributed by atoms with Crippen LogP contribution in [-0.2, 0) is 23.8 Å². The second-order valence-corrected chi connectivity index (χ2v) is 7.86. The molecule has 0 fully saturated rings. The number of halogens is 3. The molecule has 0 aliphatic carbocycles. The molecule has 2 N–H and O–H groups in total. The van der Waals surface area contributed by atoms with Crippen molar-refractivity contribution in [3.05, 3.63) is 100 Å². The molecule has 0 spiro atoms. The van der Waals surface area contributed by atoms with Crippen LogP contribution in [0.2, 0.25) is 5.15 Å². The minimum absolute atomic E-state index is 0.106. The number of aromatic nitrogens is 5. The van der Waals surface area contributed by atoms with Gasteiger partial charge in [0, 0.05) is 25.1 Å². The number of hydrogen-bond acceptors (Lipinski definition) is 6. The van der Waals surface area contributed by atoms with Gasteiger partial charge in [-0.25, -0.2) is 9.97 Å². The van der Waals surface area contributed by atoms with Crippen molar-refractivity contribution >= 4 is 23.3 Å². The van der Waals surface area contributed by atoms with Crippen LogP contribution < -0.4 is 16.2 Å². The molecule has 4 aromatic rings. The molecule has 3 heterocycles. The van der Waals surface area contributed by atoms with Crippen LogP contribution in [0.15, 0.2) is 78.4 Å². The molecule has 12 heteroatoms. The number of anilines is 1. The highest BCUT2D eigenvalue weighted by atomic mass is 35.5.